The van der Waals surface area contributed by atoms with Crippen molar-refractivity contribution in [2.24, 2.45) is 5.41 Å². The van der Waals surface area contributed by atoms with Gasteiger partial charge in [0.1, 0.15) is 0 Å². The standard InChI is InChI=1S/C36H33N.C11H10/c1-23-13-9-10-16-26(23)27-18-19-28-29-20-21-30-31-17-11-12-22-36(31,5)35(3,4)32(30)34(29)37(33(28)24(27)2)25-14-7-6-8-15-25;1-9-5-4-7-10-6-2-3-8-11(9)10/h6-21H,22H2,1-5H3;2-8H,1H3. The van der Waals surface area contributed by atoms with Crippen LogP contribution in [-0.2, 0) is 5.41 Å². The fourth-order valence-corrected chi connectivity index (χ4v) is 8.62. The molecule has 1 atom stereocenters. The smallest absolute Gasteiger partial charge is 0.0585 e. The lowest BCUT2D eigenvalue weighted by Gasteiger charge is -2.40. The lowest BCUT2D eigenvalue weighted by Crippen LogP contribution is -2.35. The van der Waals surface area contributed by atoms with E-state index in [2.05, 4.69) is 186 Å². The molecule has 1 heterocycles. The number of allylic oxidation sites excluding steroid dienone is 4. The van der Waals surface area contributed by atoms with Crippen LogP contribution in [0.4, 0.5) is 0 Å². The number of aryl methyl sites for hydroxylation is 3. The van der Waals surface area contributed by atoms with Crippen molar-refractivity contribution in [3.8, 4) is 16.8 Å². The summed E-state index contributed by atoms with van der Waals surface area (Å²) in [5.41, 5.74) is 15.0. The van der Waals surface area contributed by atoms with Gasteiger partial charge in [0.2, 0.25) is 0 Å². The number of benzene rings is 6. The highest BCUT2D eigenvalue weighted by molar-refractivity contribution is 6.14. The van der Waals surface area contributed by atoms with Crippen LogP contribution < -0.4 is 0 Å². The second kappa shape index (κ2) is 11.2. The van der Waals surface area contributed by atoms with Crippen LogP contribution in [0, 0.1) is 26.2 Å². The van der Waals surface area contributed by atoms with Crippen LogP contribution in [0.25, 0.3) is 55.0 Å². The molecule has 0 fully saturated rings. The van der Waals surface area contributed by atoms with Crippen LogP contribution >= 0.6 is 0 Å². The van der Waals surface area contributed by atoms with Gasteiger partial charge in [-0.2, -0.15) is 0 Å². The van der Waals surface area contributed by atoms with Gasteiger partial charge in [0.05, 0.1) is 11.0 Å². The SMILES string of the molecule is Cc1cccc2ccccc12.Cc1ccccc1-c1ccc2c3ccc4c(c3n(-c3ccccc3)c2c1C)C(C)(C)C1(C)CC=CC=C41. The number of para-hydroxylation sites is 1. The highest BCUT2D eigenvalue weighted by Crippen LogP contribution is 2.63. The van der Waals surface area contributed by atoms with Gasteiger partial charge in [-0.25, -0.2) is 0 Å². The zero-order valence-corrected chi connectivity index (χ0v) is 28.9. The van der Waals surface area contributed by atoms with Crippen LogP contribution in [0.2, 0.25) is 0 Å². The zero-order valence-electron chi connectivity index (χ0n) is 28.9. The first-order valence-electron chi connectivity index (χ1n) is 17.3. The Labute approximate surface area is 284 Å². The third-order valence-electron chi connectivity index (χ3n) is 11.6. The molecule has 0 spiro atoms. The molecule has 1 aromatic heterocycles. The first-order valence-corrected chi connectivity index (χ1v) is 17.3. The molecule has 0 N–H and O–H groups in total. The molecule has 0 saturated heterocycles. The van der Waals surface area contributed by atoms with Gasteiger partial charge < -0.3 is 4.57 Å². The lowest BCUT2D eigenvalue weighted by atomic mass is 9.62. The summed E-state index contributed by atoms with van der Waals surface area (Å²) in [5, 5.41) is 5.36. The first kappa shape index (κ1) is 30.2. The Morgan fingerprint density at radius 2 is 1.19 bits per heavy atom. The topological polar surface area (TPSA) is 4.93 Å². The van der Waals surface area contributed by atoms with Crippen molar-refractivity contribution in [3.05, 3.63) is 167 Å². The molecule has 0 saturated carbocycles. The molecule has 6 aromatic carbocycles. The molecule has 0 aliphatic heterocycles. The molecule has 1 nitrogen and oxygen atoms in total. The van der Waals surface area contributed by atoms with Crippen molar-refractivity contribution in [2.45, 2.75) is 53.4 Å². The van der Waals surface area contributed by atoms with E-state index in [9.17, 15) is 0 Å². The van der Waals surface area contributed by atoms with Crippen molar-refractivity contribution >= 4 is 38.2 Å². The molecule has 48 heavy (non-hydrogen) atoms. The minimum Gasteiger partial charge on any atom is -0.309 e. The maximum Gasteiger partial charge on any atom is 0.0585 e. The Morgan fingerprint density at radius 1 is 0.542 bits per heavy atom. The van der Waals surface area contributed by atoms with Gasteiger partial charge in [0.25, 0.3) is 0 Å². The van der Waals surface area contributed by atoms with Crippen LogP contribution in [0.3, 0.4) is 0 Å². The summed E-state index contributed by atoms with van der Waals surface area (Å²) in [4.78, 5) is 0. The summed E-state index contributed by atoms with van der Waals surface area (Å²) in [6, 6.07) is 44.0. The van der Waals surface area contributed by atoms with Crippen molar-refractivity contribution in [1.82, 2.24) is 4.57 Å². The quantitative estimate of drug-likeness (QED) is 0.181. The van der Waals surface area contributed by atoms with E-state index >= 15 is 0 Å². The van der Waals surface area contributed by atoms with Crippen LogP contribution in [0.5, 0.6) is 0 Å². The number of hydrogen-bond acceptors (Lipinski definition) is 0. The molecule has 2 aliphatic rings. The van der Waals surface area contributed by atoms with Gasteiger partial charge in [0.15, 0.2) is 0 Å². The van der Waals surface area contributed by atoms with E-state index in [1.807, 2.05) is 0 Å². The summed E-state index contributed by atoms with van der Waals surface area (Å²) in [7, 11) is 0. The minimum absolute atomic E-state index is 0.00784. The summed E-state index contributed by atoms with van der Waals surface area (Å²) < 4.78 is 2.57. The summed E-state index contributed by atoms with van der Waals surface area (Å²) in [6.45, 7) is 14.0. The molecule has 0 bridgehead atoms. The Morgan fingerprint density at radius 3 is 1.96 bits per heavy atom. The average Bonchev–Trinajstić information content (AvgIpc) is 3.53. The van der Waals surface area contributed by atoms with Gasteiger partial charge >= 0.3 is 0 Å². The van der Waals surface area contributed by atoms with Crippen LogP contribution in [-0.4, -0.2) is 4.57 Å². The summed E-state index contributed by atoms with van der Waals surface area (Å²) in [6.07, 6.45) is 8.03. The van der Waals surface area contributed by atoms with E-state index in [-0.39, 0.29) is 10.8 Å². The highest BCUT2D eigenvalue weighted by atomic mass is 15.0. The molecule has 7 aromatic rings. The van der Waals surface area contributed by atoms with Crippen molar-refractivity contribution < 1.29 is 0 Å². The molecule has 1 heteroatoms. The third kappa shape index (κ3) is 4.37. The van der Waals surface area contributed by atoms with E-state index < -0.39 is 0 Å². The largest absolute Gasteiger partial charge is 0.309 e. The van der Waals surface area contributed by atoms with E-state index in [1.54, 1.807) is 0 Å². The number of fused-ring (bicyclic) bond motifs is 8. The van der Waals surface area contributed by atoms with Gasteiger partial charge in [0, 0.05) is 27.3 Å². The number of nitrogens with zero attached hydrogens (tertiary/aromatic N) is 1. The van der Waals surface area contributed by atoms with Crippen LogP contribution in [0.1, 0.15) is 55.0 Å². The second-order valence-corrected chi connectivity index (χ2v) is 14.5. The van der Waals surface area contributed by atoms with E-state index in [0.717, 1.165) is 6.42 Å². The molecule has 9 rings (SSSR count). The van der Waals surface area contributed by atoms with Crippen molar-refractivity contribution in [2.75, 3.05) is 0 Å². The van der Waals surface area contributed by atoms with E-state index in [4.69, 9.17) is 0 Å². The Hall–Kier alpha value is -5.14. The summed E-state index contributed by atoms with van der Waals surface area (Å²) in [5.74, 6) is 0. The predicted molar refractivity (Wildman–Crippen MR) is 207 cm³/mol. The number of rotatable bonds is 2. The van der Waals surface area contributed by atoms with E-state index in [1.165, 1.54) is 82.8 Å². The maximum absolute atomic E-state index is 2.57. The Bertz CT molecular complexity index is 2430. The molecule has 0 radical (unpaired) electrons. The Balaban J connectivity index is 0.000000259. The minimum atomic E-state index is -0.00784. The normalized spacial score (nSPS) is 17.6. The third-order valence-corrected chi connectivity index (χ3v) is 11.6. The first-order chi connectivity index (χ1) is 23.2. The Kier molecular flexibility index (Phi) is 7.07. The van der Waals surface area contributed by atoms with Gasteiger partial charge in [-0.1, -0.05) is 148 Å². The van der Waals surface area contributed by atoms with Crippen molar-refractivity contribution in [3.63, 3.8) is 0 Å². The molecule has 1 unspecified atom stereocenters. The molecule has 0 amide bonds. The van der Waals surface area contributed by atoms with Gasteiger partial charge in [-0.3, -0.25) is 0 Å². The zero-order chi connectivity index (χ0) is 33.2. The fraction of sp³-hybridized carbons (Fsp3) is 0.191. The van der Waals surface area contributed by atoms with Gasteiger partial charge in [-0.15, -0.1) is 0 Å². The average molecular weight is 622 g/mol. The second-order valence-electron chi connectivity index (χ2n) is 14.5. The van der Waals surface area contributed by atoms with Crippen LogP contribution in [0.15, 0.2) is 140 Å². The summed E-state index contributed by atoms with van der Waals surface area (Å²) >= 11 is 0. The predicted octanol–water partition coefficient (Wildman–Crippen LogP) is 12.9. The molecule has 2 aliphatic carbocycles. The van der Waals surface area contributed by atoms with Crippen molar-refractivity contribution in [1.29, 1.82) is 0 Å². The van der Waals surface area contributed by atoms with Gasteiger partial charge in [-0.05, 0) is 94.6 Å². The highest BCUT2D eigenvalue weighted by Gasteiger charge is 2.53. The van der Waals surface area contributed by atoms with E-state index in [0.29, 0.717) is 0 Å². The molecular formula is C47H43N. The maximum atomic E-state index is 2.57. The fourth-order valence-electron chi connectivity index (χ4n) is 8.62. The molecule has 236 valence electrons. The number of aromatic nitrogens is 1. The lowest BCUT2D eigenvalue weighted by molar-refractivity contribution is 0.272. The monoisotopic (exact) mass is 621 g/mol. The number of hydrogen-bond donors (Lipinski definition) is 0. The molecular weight excluding hydrogens is 579 g/mol.